The van der Waals surface area contributed by atoms with Crippen LogP contribution >= 0.6 is 11.8 Å². The van der Waals surface area contributed by atoms with Crippen LogP contribution in [0, 0.1) is 0 Å². The van der Waals surface area contributed by atoms with Gasteiger partial charge in [0.05, 0.1) is 11.3 Å². The van der Waals surface area contributed by atoms with Gasteiger partial charge >= 0.3 is 0 Å². The molecule has 3 aromatic carbocycles. The SMILES string of the molecule is CC(CCc1ccccc1)NC(=O)c1ccc2c(c1)NC(=O)c1ccccc1S2. The van der Waals surface area contributed by atoms with Gasteiger partial charge in [0.15, 0.2) is 0 Å². The largest absolute Gasteiger partial charge is 0.350 e. The van der Waals surface area contributed by atoms with Crippen molar-refractivity contribution >= 4 is 29.3 Å². The van der Waals surface area contributed by atoms with E-state index in [4.69, 9.17) is 0 Å². The van der Waals surface area contributed by atoms with Crippen molar-refractivity contribution in [1.82, 2.24) is 5.32 Å². The van der Waals surface area contributed by atoms with E-state index >= 15 is 0 Å². The van der Waals surface area contributed by atoms with Crippen LogP contribution in [0.25, 0.3) is 0 Å². The van der Waals surface area contributed by atoms with E-state index in [0.717, 1.165) is 22.6 Å². The molecule has 1 atom stereocenters. The van der Waals surface area contributed by atoms with Crippen molar-refractivity contribution in [3.63, 3.8) is 0 Å². The van der Waals surface area contributed by atoms with Crippen molar-refractivity contribution in [3.05, 3.63) is 89.5 Å². The normalized spacial score (nSPS) is 13.5. The van der Waals surface area contributed by atoms with Gasteiger partial charge < -0.3 is 10.6 Å². The van der Waals surface area contributed by atoms with Gasteiger partial charge in [0.2, 0.25) is 0 Å². The Kier molecular flexibility index (Phi) is 5.67. The third kappa shape index (κ3) is 4.51. The predicted octanol–water partition coefficient (Wildman–Crippen LogP) is 5.15. The third-order valence-electron chi connectivity index (χ3n) is 4.93. The highest BCUT2D eigenvalue weighted by Crippen LogP contribution is 2.38. The Morgan fingerprint density at radius 2 is 1.76 bits per heavy atom. The van der Waals surface area contributed by atoms with E-state index < -0.39 is 0 Å². The van der Waals surface area contributed by atoms with Gasteiger partial charge in [-0.15, -0.1) is 0 Å². The van der Waals surface area contributed by atoms with E-state index in [-0.39, 0.29) is 17.9 Å². The fourth-order valence-electron chi connectivity index (χ4n) is 3.32. The molecule has 0 aromatic heterocycles. The monoisotopic (exact) mass is 402 g/mol. The zero-order chi connectivity index (χ0) is 20.2. The quantitative estimate of drug-likeness (QED) is 0.620. The molecule has 1 heterocycles. The van der Waals surface area contributed by atoms with Crippen molar-refractivity contribution in [2.24, 2.45) is 0 Å². The highest BCUT2D eigenvalue weighted by molar-refractivity contribution is 7.99. The Morgan fingerprint density at radius 1 is 1.00 bits per heavy atom. The highest BCUT2D eigenvalue weighted by Gasteiger charge is 2.21. The van der Waals surface area contributed by atoms with Crippen LogP contribution in [-0.2, 0) is 6.42 Å². The van der Waals surface area contributed by atoms with Gasteiger partial charge in [0.25, 0.3) is 11.8 Å². The number of nitrogens with one attached hydrogen (secondary N) is 2. The molecule has 146 valence electrons. The van der Waals surface area contributed by atoms with E-state index in [1.165, 1.54) is 17.3 Å². The number of carbonyl (C=O) groups is 2. The second-order valence-corrected chi connectivity index (χ2v) is 8.25. The van der Waals surface area contributed by atoms with Crippen molar-refractivity contribution in [1.29, 1.82) is 0 Å². The minimum Gasteiger partial charge on any atom is -0.350 e. The number of rotatable bonds is 5. The first-order valence-electron chi connectivity index (χ1n) is 9.67. The molecule has 4 nitrogen and oxygen atoms in total. The first-order valence-corrected chi connectivity index (χ1v) is 10.5. The molecule has 2 amide bonds. The summed E-state index contributed by atoms with van der Waals surface area (Å²) >= 11 is 1.53. The number of carbonyl (C=O) groups excluding carboxylic acids is 2. The summed E-state index contributed by atoms with van der Waals surface area (Å²) in [6.45, 7) is 2.01. The lowest BCUT2D eigenvalue weighted by molar-refractivity contribution is 0.0937. The molecule has 0 spiro atoms. The Morgan fingerprint density at radius 3 is 2.59 bits per heavy atom. The molecule has 0 radical (unpaired) electrons. The molecule has 2 N–H and O–H groups in total. The van der Waals surface area contributed by atoms with Gasteiger partial charge in [-0.05, 0) is 55.7 Å². The average molecular weight is 403 g/mol. The van der Waals surface area contributed by atoms with E-state index in [0.29, 0.717) is 16.8 Å². The minimum absolute atomic E-state index is 0.0507. The summed E-state index contributed by atoms with van der Waals surface area (Å²) in [5, 5.41) is 5.99. The smallest absolute Gasteiger partial charge is 0.256 e. The summed E-state index contributed by atoms with van der Waals surface area (Å²) in [5.74, 6) is -0.282. The fraction of sp³-hybridized carbons (Fsp3) is 0.167. The van der Waals surface area contributed by atoms with Gasteiger partial charge in [-0.1, -0.05) is 54.2 Å². The number of hydrogen-bond acceptors (Lipinski definition) is 3. The van der Waals surface area contributed by atoms with Crippen molar-refractivity contribution in [2.75, 3.05) is 5.32 Å². The lowest BCUT2D eigenvalue weighted by atomic mass is 10.1. The van der Waals surface area contributed by atoms with Gasteiger partial charge in [-0.2, -0.15) is 0 Å². The highest BCUT2D eigenvalue weighted by atomic mass is 32.2. The van der Waals surface area contributed by atoms with Gasteiger partial charge in [0, 0.05) is 21.4 Å². The van der Waals surface area contributed by atoms with Gasteiger partial charge in [-0.3, -0.25) is 9.59 Å². The minimum atomic E-state index is -0.152. The number of fused-ring (bicyclic) bond motifs is 2. The van der Waals surface area contributed by atoms with Gasteiger partial charge in [-0.25, -0.2) is 0 Å². The lowest BCUT2D eigenvalue weighted by Gasteiger charge is -2.15. The molecule has 1 aliphatic rings. The van der Waals surface area contributed by atoms with Crippen LogP contribution in [0.1, 0.15) is 39.6 Å². The molecule has 0 fully saturated rings. The van der Waals surface area contributed by atoms with Crippen LogP contribution < -0.4 is 10.6 Å². The molecular formula is C24H22N2O2S. The van der Waals surface area contributed by atoms with Crippen molar-refractivity contribution in [2.45, 2.75) is 35.6 Å². The summed E-state index contributed by atoms with van der Waals surface area (Å²) < 4.78 is 0. The second-order valence-electron chi connectivity index (χ2n) is 7.16. The summed E-state index contributed by atoms with van der Waals surface area (Å²) in [7, 11) is 0. The van der Waals surface area contributed by atoms with E-state index in [1.54, 1.807) is 6.07 Å². The molecular weight excluding hydrogens is 380 g/mol. The molecule has 0 saturated carbocycles. The fourth-order valence-corrected chi connectivity index (χ4v) is 4.33. The molecule has 1 aliphatic heterocycles. The molecule has 5 heteroatoms. The van der Waals surface area contributed by atoms with E-state index in [9.17, 15) is 9.59 Å². The molecule has 0 saturated heterocycles. The maximum absolute atomic E-state index is 12.7. The molecule has 4 rings (SSSR count). The molecule has 3 aromatic rings. The van der Waals surface area contributed by atoms with Crippen LogP contribution in [-0.4, -0.2) is 17.9 Å². The molecule has 0 bridgehead atoms. The zero-order valence-corrected chi connectivity index (χ0v) is 17.0. The summed E-state index contributed by atoms with van der Waals surface area (Å²) in [6, 6.07) is 23.3. The summed E-state index contributed by atoms with van der Waals surface area (Å²) in [6.07, 6.45) is 1.78. The predicted molar refractivity (Wildman–Crippen MR) is 117 cm³/mol. The number of hydrogen-bond donors (Lipinski definition) is 2. The summed E-state index contributed by atoms with van der Waals surface area (Å²) in [5.41, 5.74) is 3.12. The zero-order valence-electron chi connectivity index (χ0n) is 16.1. The Bertz CT molecular complexity index is 1050. The molecule has 29 heavy (non-hydrogen) atoms. The van der Waals surface area contributed by atoms with Gasteiger partial charge in [0.1, 0.15) is 0 Å². The maximum Gasteiger partial charge on any atom is 0.256 e. The van der Waals surface area contributed by atoms with Crippen molar-refractivity contribution < 1.29 is 9.59 Å². The van der Waals surface area contributed by atoms with Crippen LogP contribution in [0.4, 0.5) is 5.69 Å². The third-order valence-corrected chi connectivity index (χ3v) is 6.08. The molecule has 1 unspecified atom stereocenters. The summed E-state index contributed by atoms with van der Waals surface area (Å²) in [4.78, 5) is 27.1. The van der Waals surface area contributed by atoms with Crippen molar-refractivity contribution in [3.8, 4) is 0 Å². The standard InChI is InChI=1S/C24H22N2O2S/c1-16(11-12-17-7-3-2-4-8-17)25-23(27)18-13-14-22-20(15-18)26-24(28)19-9-5-6-10-21(19)29-22/h2-10,13-16H,11-12H2,1H3,(H,25,27)(H,26,28). The maximum atomic E-state index is 12.7. The van der Waals surface area contributed by atoms with Crippen LogP contribution in [0.2, 0.25) is 0 Å². The van der Waals surface area contributed by atoms with E-state index in [2.05, 4.69) is 22.8 Å². The second kappa shape index (κ2) is 8.53. The number of aryl methyl sites for hydroxylation is 1. The average Bonchev–Trinajstić information content (AvgIpc) is 2.88. The molecule has 0 aliphatic carbocycles. The first kappa shape index (κ1) is 19.3. The topological polar surface area (TPSA) is 58.2 Å². The first-order chi connectivity index (χ1) is 14.1. The van der Waals surface area contributed by atoms with E-state index in [1.807, 2.05) is 61.5 Å². The number of anilines is 1. The Labute approximate surface area is 174 Å². The Balaban J connectivity index is 1.44. The lowest BCUT2D eigenvalue weighted by Crippen LogP contribution is -2.33. The number of benzene rings is 3. The van der Waals surface area contributed by atoms with Crippen LogP contribution in [0.5, 0.6) is 0 Å². The number of amides is 2. The van der Waals surface area contributed by atoms with Crippen LogP contribution in [0.15, 0.2) is 82.6 Å². The van der Waals surface area contributed by atoms with Crippen LogP contribution in [0.3, 0.4) is 0 Å². The Hall–Kier alpha value is -3.05.